The summed E-state index contributed by atoms with van der Waals surface area (Å²) < 4.78 is 4.97. The highest BCUT2D eigenvalue weighted by Crippen LogP contribution is 2.29. The maximum Gasteiger partial charge on any atom is 0.332 e. The van der Waals surface area contributed by atoms with Gasteiger partial charge in [0, 0.05) is 19.2 Å². The summed E-state index contributed by atoms with van der Waals surface area (Å²) in [6.07, 6.45) is 3.11. The Hall–Kier alpha value is -2.68. The Morgan fingerprint density at radius 1 is 1.55 bits per heavy atom. The number of nitrogens with one attached hydrogen (secondary N) is 1. The minimum Gasteiger partial charge on any atom is -0.472 e. The molecule has 2 aromatic rings. The molecule has 2 rings (SSSR count). The molecule has 3 N–H and O–H groups in total. The first kappa shape index (κ1) is 13.7. The van der Waals surface area contributed by atoms with E-state index in [0.717, 1.165) is 5.56 Å². The van der Waals surface area contributed by atoms with E-state index in [0.29, 0.717) is 6.54 Å². The lowest BCUT2D eigenvalue weighted by Gasteiger charge is -2.18. The lowest BCUT2D eigenvalue weighted by Crippen LogP contribution is -2.21. The summed E-state index contributed by atoms with van der Waals surface area (Å²) >= 11 is 0. The number of hydrazine groups is 1. The molecule has 0 aromatic carbocycles. The van der Waals surface area contributed by atoms with E-state index in [1.165, 1.54) is 13.2 Å². The number of anilines is 2. The fourth-order valence-corrected chi connectivity index (χ4v) is 1.83. The minimum atomic E-state index is -0.503. The van der Waals surface area contributed by atoms with Gasteiger partial charge in [-0.25, -0.2) is 10.8 Å². The third kappa shape index (κ3) is 2.67. The highest BCUT2D eigenvalue weighted by Gasteiger charge is 2.24. The molecule has 0 spiro atoms. The van der Waals surface area contributed by atoms with Crippen LogP contribution in [0.3, 0.4) is 0 Å². The first-order valence-corrected chi connectivity index (χ1v) is 5.74. The van der Waals surface area contributed by atoms with E-state index < -0.39 is 4.92 Å². The van der Waals surface area contributed by atoms with Crippen molar-refractivity contribution in [2.45, 2.75) is 13.5 Å². The van der Waals surface area contributed by atoms with E-state index in [1.54, 1.807) is 24.3 Å². The van der Waals surface area contributed by atoms with Crippen molar-refractivity contribution in [1.82, 2.24) is 9.97 Å². The largest absolute Gasteiger partial charge is 0.472 e. The van der Waals surface area contributed by atoms with Crippen LogP contribution >= 0.6 is 0 Å². The summed E-state index contributed by atoms with van der Waals surface area (Å²) in [5.41, 5.74) is 3.27. The number of nitrogens with zero attached hydrogens (tertiary/aromatic N) is 4. The van der Waals surface area contributed by atoms with Crippen LogP contribution < -0.4 is 16.2 Å². The number of hydrogen-bond acceptors (Lipinski definition) is 8. The Morgan fingerprint density at radius 3 is 2.85 bits per heavy atom. The standard InChI is InChI=1S/C11H14N6O3/c1-7-9(17(18)19)10(14-11(13-7)15-12)16(2)5-8-3-4-20-6-8/h3-4,6H,5,12H2,1-2H3,(H,13,14,15). The second-order valence-corrected chi connectivity index (χ2v) is 4.19. The zero-order chi connectivity index (χ0) is 14.7. The van der Waals surface area contributed by atoms with Gasteiger partial charge in [0.25, 0.3) is 0 Å². The van der Waals surface area contributed by atoms with E-state index in [1.807, 2.05) is 0 Å². The van der Waals surface area contributed by atoms with Gasteiger partial charge in [-0.05, 0) is 13.0 Å². The SMILES string of the molecule is Cc1nc(NN)nc(N(C)Cc2ccoc2)c1[N+](=O)[O-]. The summed E-state index contributed by atoms with van der Waals surface area (Å²) in [6, 6.07) is 1.78. The molecule has 20 heavy (non-hydrogen) atoms. The molecule has 0 atom stereocenters. The number of furan rings is 1. The predicted octanol–water partition coefficient (Wildman–Crippen LogP) is 1.21. The van der Waals surface area contributed by atoms with Crippen LogP contribution in [0.4, 0.5) is 17.5 Å². The van der Waals surface area contributed by atoms with Crippen molar-refractivity contribution < 1.29 is 9.34 Å². The summed E-state index contributed by atoms with van der Waals surface area (Å²) in [4.78, 5) is 20.3. The topological polar surface area (TPSA) is 123 Å². The van der Waals surface area contributed by atoms with Crippen molar-refractivity contribution in [2.24, 2.45) is 5.84 Å². The molecule has 0 saturated heterocycles. The molecule has 0 aliphatic rings. The van der Waals surface area contributed by atoms with E-state index >= 15 is 0 Å². The van der Waals surface area contributed by atoms with Crippen LogP contribution in [-0.4, -0.2) is 21.9 Å². The second-order valence-electron chi connectivity index (χ2n) is 4.19. The molecule has 0 amide bonds. The number of nitro groups is 1. The molecule has 0 aliphatic heterocycles. The van der Waals surface area contributed by atoms with Crippen molar-refractivity contribution in [3.05, 3.63) is 40.0 Å². The molecule has 0 saturated carbocycles. The second kappa shape index (κ2) is 5.53. The van der Waals surface area contributed by atoms with Crippen LogP contribution in [0.2, 0.25) is 0 Å². The van der Waals surface area contributed by atoms with Crippen LogP contribution in [0, 0.1) is 17.0 Å². The number of nitrogen functional groups attached to an aromatic ring is 1. The molecule has 0 radical (unpaired) electrons. The first-order chi connectivity index (χ1) is 9.52. The smallest absolute Gasteiger partial charge is 0.332 e. The van der Waals surface area contributed by atoms with Crippen molar-refractivity contribution in [3.63, 3.8) is 0 Å². The van der Waals surface area contributed by atoms with E-state index in [2.05, 4.69) is 15.4 Å². The Bertz CT molecular complexity index is 613. The zero-order valence-corrected chi connectivity index (χ0v) is 11.0. The molecule has 0 unspecified atom stereocenters. The van der Waals surface area contributed by atoms with Gasteiger partial charge in [0.2, 0.25) is 11.8 Å². The van der Waals surface area contributed by atoms with Crippen LogP contribution in [0.25, 0.3) is 0 Å². The van der Waals surface area contributed by atoms with Gasteiger partial charge < -0.3 is 9.32 Å². The Balaban J connectivity index is 2.42. The van der Waals surface area contributed by atoms with Crippen molar-refractivity contribution in [3.8, 4) is 0 Å². The number of aryl methyl sites for hydroxylation is 1. The van der Waals surface area contributed by atoms with E-state index in [9.17, 15) is 10.1 Å². The number of hydrogen-bond donors (Lipinski definition) is 2. The molecule has 0 bridgehead atoms. The number of nitrogens with two attached hydrogens (primary N) is 1. The van der Waals surface area contributed by atoms with Gasteiger partial charge >= 0.3 is 5.69 Å². The Labute approximate surface area is 114 Å². The van der Waals surface area contributed by atoms with E-state index in [-0.39, 0.29) is 23.1 Å². The zero-order valence-electron chi connectivity index (χ0n) is 11.0. The van der Waals surface area contributed by atoms with Gasteiger partial charge in [0.05, 0.1) is 17.4 Å². The maximum absolute atomic E-state index is 11.2. The van der Waals surface area contributed by atoms with Crippen LogP contribution in [-0.2, 0) is 6.54 Å². The van der Waals surface area contributed by atoms with Crippen LogP contribution in [0.15, 0.2) is 23.0 Å². The molecule has 9 heteroatoms. The average Bonchev–Trinajstić information content (AvgIpc) is 2.89. The van der Waals surface area contributed by atoms with Crippen molar-refractivity contribution in [1.29, 1.82) is 0 Å². The van der Waals surface area contributed by atoms with Gasteiger partial charge in [-0.2, -0.15) is 4.98 Å². The van der Waals surface area contributed by atoms with Gasteiger partial charge in [-0.3, -0.25) is 15.5 Å². The summed E-state index contributed by atoms with van der Waals surface area (Å²) in [6.45, 7) is 1.95. The van der Waals surface area contributed by atoms with Crippen molar-refractivity contribution >= 4 is 17.5 Å². The van der Waals surface area contributed by atoms with Gasteiger partial charge in [0.15, 0.2) is 0 Å². The van der Waals surface area contributed by atoms with Gasteiger partial charge in [0.1, 0.15) is 5.69 Å². The highest BCUT2D eigenvalue weighted by atomic mass is 16.6. The highest BCUT2D eigenvalue weighted by molar-refractivity contribution is 5.62. The lowest BCUT2D eigenvalue weighted by molar-refractivity contribution is -0.385. The van der Waals surface area contributed by atoms with Gasteiger partial charge in [-0.1, -0.05) is 0 Å². The Morgan fingerprint density at radius 2 is 2.30 bits per heavy atom. The minimum absolute atomic E-state index is 0.127. The van der Waals surface area contributed by atoms with Crippen molar-refractivity contribution in [2.75, 3.05) is 17.4 Å². The molecule has 0 aliphatic carbocycles. The molecule has 9 nitrogen and oxygen atoms in total. The van der Waals surface area contributed by atoms with Gasteiger partial charge in [-0.15, -0.1) is 0 Å². The summed E-state index contributed by atoms with van der Waals surface area (Å²) in [7, 11) is 1.70. The third-order valence-corrected chi connectivity index (χ3v) is 2.71. The molecule has 0 fully saturated rings. The van der Waals surface area contributed by atoms with E-state index in [4.69, 9.17) is 10.3 Å². The average molecular weight is 278 g/mol. The quantitative estimate of drug-likeness (QED) is 0.475. The number of rotatable bonds is 5. The fraction of sp³-hybridized carbons (Fsp3) is 0.273. The molecule has 2 aromatic heterocycles. The number of aromatic nitrogens is 2. The lowest BCUT2D eigenvalue weighted by atomic mass is 10.3. The first-order valence-electron chi connectivity index (χ1n) is 5.74. The predicted molar refractivity (Wildman–Crippen MR) is 72.0 cm³/mol. The van der Waals surface area contributed by atoms with Crippen LogP contribution in [0.5, 0.6) is 0 Å². The monoisotopic (exact) mass is 278 g/mol. The maximum atomic E-state index is 11.2. The fourth-order valence-electron chi connectivity index (χ4n) is 1.83. The third-order valence-electron chi connectivity index (χ3n) is 2.71. The molecule has 106 valence electrons. The summed E-state index contributed by atoms with van der Waals surface area (Å²) in [5.74, 6) is 5.59. The summed E-state index contributed by atoms with van der Waals surface area (Å²) in [5, 5.41) is 11.2. The van der Waals surface area contributed by atoms with Crippen LogP contribution in [0.1, 0.15) is 11.3 Å². The molecule has 2 heterocycles. The normalized spacial score (nSPS) is 10.3. The molecular weight excluding hydrogens is 264 g/mol. The Kier molecular flexibility index (Phi) is 3.80. The molecular formula is C11H14N6O3.